The lowest BCUT2D eigenvalue weighted by atomic mass is 10.3. The highest BCUT2D eigenvalue weighted by atomic mass is 32.2. The second-order valence-electron chi connectivity index (χ2n) is 5.40. The fraction of sp³-hybridized carbons (Fsp3) is 0.235. The molecule has 0 aliphatic rings. The highest BCUT2D eigenvalue weighted by molar-refractivity contribution is 7.99. The van der Waals surface area contributed by atoms with E-state index in [0.29, 0.717) is 28.5 Å². The first-order valence-electron chi connectivity index (χ1n) is 7.57. The molecule has 3 heterocycles. The van der Waals surface area contributed by atoms with Crippen molar-refractivity contribution in [1.82, 2.24) is 14.5 Å². The van der Waals surface area contributed by atoms with E-state index in [4.69, 9.17) is 0 Å². The summed E-state index contributed by atoms with van der Waals surface area (Å²) in [6, 6.07) is 3.84. The minimum absolute atomic E-state index is 0.000942. The van der Waals surface area contributed by atoms with Crippen LogP contribution in [-0.2, 0) is 17.9 Å². The summed E-state index contributed by atoms with van der Waals surface area (Å²) in [6.07, 6.45) is 1.66. The van der Waals surface area contributed by atoms with Gasteiger partial charge in [-0.3, -0.25) is 14.2 Å². The number of carbonyl (C=O) groups is 1. The maximum absolute atomic E-state index is 12.6. The Hall–Kier alpha value is -1.90. The Morgan fingerprint density at radius 2 is 2.28 bits per heavy atom. The smallest absolute Gasteiger partial charge is 0.272 e. The number of fused-ring (bicyclic) bond motifs is 1. The third-order valence-electron chi connectivity index (χ3n) is 3.59. The topological polar surface area (TPSA) is 55.2 Å². The number of aromatic nitrogens is 2. The average Bonchev–Trinajstić information content (AvgIpc) is 3.27. The van der Waals surface area contributed by atoms with Crippen molar-refractivity contribution in [3.63, 3.8) is 0 Å². The predicted octanol–water partition coefficient (Wildman–Crippen LogP) is 3.46. The molecular formula is C17H17N3O2S3. The van der Waals surface area contributed by atoms with E-state index in [-0.39, 0.29) is 17.2 Å². The van der Waals surface area contributed by atoms with Gasteiger partial charge < -0.3 is 4.90 Å². The predicted molar refractivity (Wildman–Crippen MR) is 106 cm³/mol. The van der Waals surface area contributed by atoms with Gasteiger partial charge in [-0.1, -0.05) is 17.8 Å². The number of hydrogen-bond acceptors (Lipinski definition) is 6. The van der Waals surface area contributed by atoms with Crippen molar-refractivity contribution in [2.45, 2.75) is 18.2 Å². The number of allylic oxidation sites excluding steroid dienone is 1. The summed E-state index contributed by atoms with van der Waals surface area (Å²) in [5.74, 6) is 0.237. The summed E-state index contributed by atoms with van der Waals surface area (Å²) in [7, 11) is 1.78. The summed E-state index contributed by atoms with van der Waals surface area (Å²) in [6.45, 7) is 4.66. The molecule has 3 rings (SSSR count). The van der Waals surface area contributed by atoms with Crippen molar-refractivity contribution in [1.29, 1.82) is 0 Å². The molecule has 0 aliphatic carbocycles. The first-order valence-corrected chi connectivity index (χ1v) is 10.4. The average molecular weight is 392 g/mol. The summed E-state index contributed by atoms with van der Waals surface area (Å²) in [4.78, 5) is 31.2. The van der Waals surface area contributed by atoms with Gasteiger partial charge in [-0.2, -0.15) is 11.3 Å². The van der Waals surface area contributed by atoms with E-state index in [0.717, 1.165) is 5.56 Å². The van der Waals surface area contributed by atoms with Crippen LogP contribution >= 0.6 is 34.4 Å². The number of rotatable bonds is 7. The number of nitrogens with zero attached hydrogens (tertiary/aromatic N) is 3. The molecule has 25 heavy (non-hydrogen) atoms. The van der Waals surface area contributed by atoms with Gasteiger partial charge in [0.1, 0.15) is 4.70 Å². The lowest BCUT2D eigenvalue weighted by Gasteiger charge is -2.16. The van der Waals surface area contributed by atoms with Crippen molar-refractivity contribution in [3.8, 4) is 0 Å². The van der Waals surface area contributed by atoms with Crippen LogP contribution in [0.15, 0.2) is 50.9 Å². The Balaban J connectivity index is 1.75. The van der Waals surface area contributed by atoms with Crippen LogP contribution in [0.2, 0.25) is 0 Å². The van der Waals surface area contributed by atoms with Gasteiger partial charge in [-0.05, 0) is 33.8 Å². The summed E-state index contributed by atoms with van der Waals surface area (Å²) in [5, 5.41) is 6.43. The third kappa shape index (κ3) is 4.02. The van der Waals surface area contributed by atoms with E-state index >= 15 is 0 Å². The van der Waals surface area contributed by atoms with Crippen LogP contribution in [0.4, 0.5) is 0 Å². The minimum Gasteiger partial charge on any atom is -0.341 e. The molecule has 0 bridgehead atoms. The fourth-order valence-electron chi connectivity index (χ4n) is 2.30. The standard InChI is InChI=1S/C17H17N3O2S3/c1-3-6-20-16(22)15-13(5-8-24-15)18-17(20)25-11-14(21)19(2)9-12-4-7-23-10-12/h3-5,7-8,10H,1,6,9,11H2,2H3. The zero-order chi connectivity index (χ0) is 17.8. The van der Waals surface area contributed by atoms with Gasteiger partial charge >= 0.3 is 0 Å². The van der Waals surface area contributed by atoms with Crippen LogP contribution in [0.5, 0.6) is 0 Å². The van der Waals surface area contributed by atoms with Crippen LogP contribution in [0.1, 0.15) is 5.56 Å². The van der Waals surface area contributed by atoms with E-state index in [2.05, 4.69) is 11.6 Å². The molecule has 3 aromatic heterocycles. The van der Waals surface area contributed by atoms with Gasteiger partial charge in [-0.25, -0.2) is 4.98 Å². The monoisotopic (exact) mass is 391 g/mol. The first kappa shape index (κ1) is 17.9. The van der Waals surface area contributed by atoms with E-state index in [1.54, 1.807) is 33.9 Å². The Morgan fingerprint density at radius 3 is 3.00 bits per heavy atom. The molecule has 0 unspecified atom stereocenters. The molecule has 8 heteroatoms. The van der Waals surface area contributed by atoms with Crippen molar-refractivity contribution in [2.24, 2.45) is 0 Å². The van der Waals surface area contributed by atoms with Crippen LogP contribution in [0, 0.1) is 0 Å². The molecule has 0 radical (unpaired) electrons. The van der Waals surface area contributed by atoms with Crippen molar-refractivity contribution >= 4 is 50.6 Å². The molecule has 0 aliphatic heterocycles. The lowest BCUT2D eigenvalue weighted by Crippen LogP contribution is -2.28. The molecular weight excluding hydrogens is 374 g/mol. The van der Waals surface area contributed by atoms with Crippen molar-refractivity contribution in [2.75, 3.05) is 12.8 Å². The maximum Gasteiger partial charge on any atom is 0.272 e. The molecule has 0 saturated carbocycles. The van der Waals surface area contributed by atoms with Gasteiger partial charge in [0.15, 0.2) is 5.16 Å². The molecule has 1 amide bonds. The number of carbonyl (C=O) groups excluding carboxylic acids is 1. The molecule has 0 saturated heterocycles. The summed E-state index contributed by atoms with van der Waals surface area (Å²) in [5.41, 5.74) is 1.71. The largest absolute Gasteiger partial charge is 0.341 e. The molecule has 130 valence electrons. The van der Waals surface area contributed by atoms with Gasteiger partial charge in [0.05, 0.1) is 11.3 Å². The van der Waals surface area contributed by atoms with Gasteiger partial charge in [0, 0.05) is 20.1 Å². The normalized spacial score (nSPS) is 10.9. The van der Waals surface area contributed by atoms with Gasteiger partial charge in [-0.15, -0.1) is 17.9 Å². The highest BCUT2D eigenvalue weighted by Gasteiger charge is 2.15. The number of hydrogen-bond donors (Lipinski definition) is 0. The number of thioether (sulfide) groups is 1. The van der Waals surface area contributed by atoms with E-state index in [9.17, 15) is 9.59 Å². The molecule has 0 fully saturated rings. The number of amides is 1. The second-order valence-corrected chi connectivity index (χ2v) is 8.04. The molecule has 0 spiro atoms. The third-order valence-corrected chi connectivity index (χ3v) is 6.18. The molecule has 5 nitrogen and oxygen atoms in total. The lowest BCUT2D eigenvalue weighted by molar-refractivity contribution is -0.127. The molecule has 3 aromatic rings. The highest BCUT2D eigenvalue weighted by Crippen LogP contribution is 2.21. The summed E-state index contributed by atoms with van der Waals surface area (Å²) < 4.78 is 2.20. The van der Waals surface area contributed by atoms with Crippen molar-refractivity contribution in [3.05, 3.63) is 56.8 Å². The Labute approximate surface area is 157 Å². The van der Waals surface area contributed by atoms with E-state index in [1.807, 2.05) is 28.3 Å². The van der Waals surface area contributed by atoms with Gasteiger partial charge in [0.2, 0.25) is 5.91 Å². The van der Waals surface area contributed by atoms with Crippen LogP contribution in [0.25, 0.3) is 10.2 Å². The minimum atomic E-state index is -0.0820. The second kappa shape index (κ2) is 7.99. The quantitative estimate of drug-likeness (QED) is 0.352. The van der Waals surface area contributed by atoms with Crippen LogP contribution < -0.4 is 5.56 Å². The first-order chi connectivity index (χ1) is 12.1. The van der Waals surface area contributed by atoms with Crippen LogP contribution in [-0.4, -0.2) is 33.2 Å². The Bertz CT molecular complexity index is 944. The van der Waals surface area contributed by atoms with Gasteiger partial charge in [0.25, 0.3) is 5.56 Å². The zero-order valence-corrected chi connectivity index (χ0v) is 16.1. The zero-order valence-electron chi connectivity index (χ0n) is 13.7. The Kier molecular flexibility index (Phi) is 5.72. The van der Waals surface area contributed by atoms with Crippen LogP contribution in [0.3, 0.4) is 0 Å². The maximum atomic E-state index is 12.6. The molecule has 0 atom stereocenters. The van der Waals surface area contributed by atoms with E-state index in [1.165, 1.54) is 23.1 Å². The number of thiophene rings is 2. The summed E-state index contributed by atoms with van der Waals surface area (Å²) >= 11 is 4.28. The van der Waals surface area contributed by atoms with Crippen molar-refractivity contribution < 1.29 is 4.79 Å². The molecule has 0 N–H and O–H groups in total. The van der Waals surface area contributed by atoms with E-state index < -0.39 is 0 Å². The fourth-order valence-corrected chi connectivity index (χ4v) is 4.69. The molecule has 0 aromatic carbocycles. The SMILES string of the molecule is C=CCn1c(SCC(=O)N(C)Cc2ccsc2)nc2ccsc2c1=O. The Morgan fingerprint density at radius 1 is 1.44 bits per heavy atom.